The molecule has 3 aliphatic rings. The van der Waals surface area contributed by atoms with E-state index >= 15 is 0 Å². The van der Waals surface area contributed by atoms with E-state index < -0.39 is 0 Å². The molecule has 4 aromatic rings. The zero-order valence-electron chi connectivity index (χ0n) is 23.4. The number of halogens is 1. The van der Waals surface area contributed by atoms with E-state index in [4.69, 9.17) is 14.2 Å². The topological polar surface area (TPSA) is 98.1 Å². The standard InChI is InChI=1S/C30H30FN7O4/c1-35-12-11-20-17-24-27(42-18-41-24)28(40-2)25(20)26(35)29-32-33-34-38(29)23-7-3-19(4-8-23)30(39)37-15-13-36(14-16-37)22-9-5-21(31)6-10-22/h3-10,17,26H,11-16,18H2,1-2H3/t26-/m1/s1. The van der Waals surface area contributed by atoms with E-state index in [1.54, 1.807) is 23.9 Å². The number of carbonyl (C=O) groups is 1. The first-order valence-electron chi connectivity index (χ1n) is 13.9. The number of hydrogen-bond donors (Lipinski definition) is 0. The number of benzene rings is 3. The van der Waals surface area contributed by atoms with Crippen LogP contribution in [0.2, 0.25) is 0 Å². The number of anilines is 1. The predicted molar refractivity (Wildman–Crippen MR) is 151 cm³/mol. The molecule has 216 valence electrons. The van der Waals surface area contributed by atoms with Crippen LogP contribution < -0.4 is 19.1 Å². The molecule has 12 heteroatoms. The Morgan fingerprint density at radius 1 is 0.976 bits per heavy atom. The largest absolute Gasteiger partial charge is 0.492 e. The molecule has 7 rings (SSSR count). The summed E-state index contributed by atoms with van der Waals surface area (Å²) in [5.41, 5.74) is 4.36. The van der Waals surface area contributed by atoms with Crippen LogP contribution in [0.3, 0.4) is 0 Å². The average molecular weight is 572 g/mol. The zero-order chi connectivity index (χ0) is 28.8. The monoisotopic (exact) mass is 571 g/mol. The fraction of sp³-hybridized carbons (Fsp3) is 0.333. The highest BCUT2D eigenvalue weighted by molar-refractivity contribution is 5.94. The van der Waals surface area contributed by atoms with Crippen molar-refractivity contribution in [1.29, 1.82) is 0 Å². The van der Waals surface area contributed by atoms with E-state index in [2.05, 4.69) is 25.3 Å². The number of nitrogens with zero attached hydrogens (tertiary/aromatic N) is 7. The fourth-order valence-corrected chi connectivity index (χ4v) is 6.05. The molecule has 4 heterocycles. The summed E-state index contributed by atoms with van der Waals surface area (Å²) in [6, 6.07) is 15.5. The summed E-state index contributed by atoms with van der Waals surface area (Å²) in [6.07, 6.45) is 0.825. The van der Waals surface area contributed by atoms with Crippen LogP contribution in [-0.2, 0) is 6.42 Å². The normalized spacial score (nSPS) is 18.2. The third-order valence-electron chi connectivity index (χ3n) is 8.25. The van der Waals surface area contributed by atoms with Crippen molar-refractivity contribution < 1.29 is 23.4 Å². The van der Waals surface area contributed by atoms with Crippen molar-refractivity contribution in [3.8, 4) is 22.9 Å². The van der Waals surface area contributed by atoms with Crippen molar-refractivity contribution in [3.63, 3.8) is 0 Å². The third-order valence-corrected chi connectivity index (χ3v) is 8.25. The molecule has 0 spiro atoms. The lowest BCUT2D eigenvalue weighted by Gasteiger charge is -2.36. The molecule has 11 nitrogen and oxygen atoms in total. The molecular formula is C30H30FN7O4. The summed E-state index contributed by atoms with van der Waals surface area (Å²) in [5.74, 6) is 2.26. The van der Waals surface area contributed by atoms with Gasteiger partial charge in [-0.2, -0.15) is 4.68 Å². The predicted octanol–water partition coefficient (Wildman–Crippen LogP) is 3.08. The molecule has 0 saturated carbocycles. The van der Waals surface area contributed by atoms with Crippen LogP contribution in [0.4, 0.5) is 10.1 Å². The maximum atomic E-state index is 13.3. The Hall–Kier alpha value is -4.71. The number of methoxy groups -OCH3 is 1. The highest BCUT2D eigenvalue weighted by Gasteiger charge is 2.38. The summed E-state index contributed by atoms with van der Waals surface area (Å²) in [7, 11) is 3.67. The van der Waals surface area contributed by atoms with Crippen molar-refractivity contribution in [2.24, 2.45) is 0 Å². The Labute approximate surface area is 242 Å². The van der Waals surface area contributed by atoms with Gasteiger partial charge in [-0.25, -0.2) is 4.39 Å². The molecule has 0 bridgehead atoms. The Bertz CT molecular complexity index is 1620. The summed E-state index contributed by atoms with van der Waals surface area (Å²) in [6.45, 7) is 3.50. The second-order valence-electron chi connectivity index (χ2n) is 10.6. The number of rotatable bonds is 5. The first kappa shape index (κ1) is 26.2. The van der Waals surface area contributed by atoms with Crippen molar-refractivity contribution >= 4 is 11.6 Å². The van der Waals surface area contributed by atoms with Gasteiger partial charge >= 0.3 is 0 Å². The van der Waals surface area contributed by atoms with Gasteiger partial charge in [0.25, 0.3) is 5.91 Å². The van der Waals surface area contributed by atoms with Crippen LogP contribution >= 0.6 is 0 Å². The van der Waals surface area contributed by atoms with E-state index in [1.807, 2.05) is 42.3 Å². The van der Waals surface area contributed by atoms with Gasteiger partial charge in [-0.3, -0.25) is 9.69 Å². The van der Waals surface area contributed by atoms with E-state index in [9.17, 15) is 9.18 Å². The molecule has 42 heavy (non-hydrogen) atoms. The molecule has 0 unspecified atom stereocenters. The minimum absolute atomic E-state index is 0.0287. The first-order valence-corrected chi connectivity index (χ1v) is 13.9. The van der Waals surface area contributed by atoms with Gasteiger partial charge in [0.05, 0.1) is 12.8 Å². The molecule has 3 aliphatic heterocycles. The third kappa shape index (κ3) is 4.48. The summed E-state index contributed by atoms with van der Waals surface area (Å²) < 4.78 is 32.2. The van der Waals surface area contributed by atoms with Crippen LogP contribution in [0, 0.1) is 5.82 Å². The second kappa shape index (κ2) is 10.6. The van der Waals surface area contributed by atoms with Gasteiger partial charge in [-0.15, -0.1) is 5.10 Å². The van der Waals surface area contributed by atoms with Gasteiger partial charge in [-0.1, -0.05) is 0 Å². The Morgan fingerprint density at radius 3 is 2.45 bits per heavy atom. The number of tetrazole rings is 1. The number of ether oxygens (including phenoxy) is 3. The Kier molecular flexibility index (Phi) is 6.62. The number of amides is 1. The number of hydrogen-bond acceptors (Lipinski definition) is 9. The van der Waals surface area contributed by atoms with Crippen molar-refractivity contribution in [2.75, 3.05) is 58.6 Å². The lowest BCUT2D eigenvalue weighted by molar-refractivity contribution is 0.0747. The van der Waals surface area contributed by atoms with Crippen LogP contribution in [-0.4, -0.2) is 89.6 Å². The fourth-order valence-electron chi connectivity index (χ4n) is 6.05. The number of fused-ring (bicyclic) bond motifs is 2. The van der Waals surface area contributed by atoms with Crippen LogP contribution in [0.1, 0.15) is 33.4 Å². The zero-order valence-corrected chi connectivity index (χ0v) is 23.4. The van der Waals surface area contributed by atoms with E-state index in [-0.39, 0.29) is 24.6 Å². The average Bonchev–Trinajstić information content (AvgIpc) is 3.70. The molecule has 1 saturated heterocycles. The van der Waals surface area contributed by atoms with Crippen LogP contribution in [0.15, 0.2) is 54.6 Å². The van der Waals surface area contributed by atoms with Gasteiger partial charge in [-0.05, 0) is 84.1 Å². The number of aromatic nitrogens is 4. The molecule has 1 amide bonds. The molecule has 1 atom stereocenters. The second-order valence-corrected chi connectivity index (χ2v) is 10.6. The maximum Gasteiger partial charge on any atom is 0.253 e. The van der Waals surface area contributed by atoms with Crippen molar-refractivity contribution in [2.45, 2.75) is 12.5 Å². The summed E-state index contributed by atoms with van der Waals surface area (Å²) in [5, 5.41) is 12.8. The lowest BCUT2D eigenvalue weighted by atomic mass is 9.90. The Balaban J connectivity index is 1.12. The molecule has 1 aromatic heterocycles. The lowest BCUT2D eigenvalue weighted by Crippen LogP contribution is -2.48. The molecule has 0 N–H and O–H groups in total. The molecule has 0 radical (unpaired) electrons. The van der Waals surface area contributed by atoms with Crippen LogP contribution in [0.25, 0.3) is 5.69 Å². The highest BCUT2D eigenvalue weighted by Crippen LogP contribution is 2.50. The highest BCUT2D eigenvalue weighted by atomic mass is 19.1. The van der Waals surface area contributed by atoms with Crippen molar-refractivity contribution in [1.82, 2.24) is 30.0 Å². The molecule has 0 aliphatic carbocycles. The number of carbonyl (C=O) groups excluding carboxylic acids is 1. The molecule has 3 aromatic carbocycles. The Morgan fingerprint density at radius 2 is 1.71 bits per heavy atom. The van der Waals surface area contributed by atoms with E-state index in [0.717, 1.165) is 35.5 Å². The van der Waals surface area contributed by atoms with Gasteiger partial charge in [0, 0.05) is 49.5 Å². The SMILES string of the molecule is COc1c2c(cc3c1[C@H](c1nnnn1-c1ccc(C(=O)N4CCN(c5ccc(F)cc5)CC4)cc1)N(C)CC3)OCO2. The van der Waals surface area contributed by atoms with E-state index in [1.165, 1.54) is 12.1 Å². The minimum atomic E-state index is -0.285. The maximum absolute atomic E-state index is 13.3. The van der Waals surface area contributed by atoms with E-state index in [0.29, 0.717) is 54.8 Å². The van der Waals surface area contributed by atoms with Gasteiger partial charge in [0.1, 0.15) is 11.9 Å². The number of piperazine rings is 1. The summed E-state index contributed by atoms with van der Waals surface area (Å²) in [4.78, 5) is 19.5. The first-order chi connectivity index (χ1) is 20.5. The van der Waals surface area contributed by atoms with Gasteiger partial charge < -0.3 is 24.0 Å². The van der Waals surface area contributed by atoms with Crippen molar-refractivity contribution in [3.05, 3.63) is 82.9 Å². The quantitative estimate of drug-likeness (QED) is 0.358. The molecular weight excluding hydrogens is 541 g/mol. The minimum Gasteiger partial charge on any atom is -0.492 e. The van der Waals surface area contributed by atoms with Gasteiger partial charge in [0.2, 0.25) is 12.5 Å². The molecule has 1 fully saturated rings. The van der Waals surface area contributed by atoms with Crippen LogP contribution in [0.5, 0.6) is 17.2 Å². The van der Waals surface area contributed by atoms with Gasteiger partial charge in [0.15, 0.2) is 17.3 Å². The summed E-state index contributed by atoms with van der Waals surface area (Å²) >= 11 is 0. The number of likely N-dealkylation sites (N-methyl/N-ethyl adjacent to an activating group) is 1. The smallest absolute Gasteiger partial charge is 0.253 e.